The van der Waals surface area contributed by atoms with E-state index in [0.29, 0.717) is 0 Å². The normalized spacial score (nSPS) is 10.8. The Kier molecular flexibility index (Phi) is 18.9. The highest BCUT2D eigenvalue weighted by Crippen LogP contribution is 2.43. The first-order chi connectivity index (χ1) is 44.3. The SMILES string of the molecule is Brc1cc(-c2ccccc2-c2ccc(-c3ccccn3)cc2)cc(-c2ccccc2-c2ccc(-c3ccccn3)cc2)c1.CC.Cc1cc(-c2ccccc2)ncc1-c1ccccc1-c1cc(Br)cc(-c2ccccc2-c2cnc(-c3ccccc3)cc2C)c1. The van der Waals surface area contributed by atoms with Crippen LogP contribution in [0.3, 0.4) is 0 Å². The van der Waals surface area contributed by atoms with Crippen molar-refractivity contribution in [2.24, 2.45) is 0 Å². The maximum absolute atomic E-state index is 4.87. The van der Waals surface area contributed by atoms with Crippen LogP contribution >= 0.6 is 31.9 Å². The molecule has 90 heavy (non-hydrogen) atoms. The summed E-state index contributed by atoms with van der Waals surface area (Å²) >= 11 is 7.67. The average molecular weight is 1290 g/mol. The van der Waals surface area contributed by atoms with Crippen LogP contribution in [0.15, 0.2) is 325 Å². The van der Waals surface area contributed by atoms with Gasteiger partial charge in [0.15, 0.2) is 0 Å². The first-order valence-corrected chi connectivity index (χ1v) is 31.9. The fourth-order valence-electron chi connectivity index (χ4n) is 11.6. The van der Waals surface area contributed by atoms with Gasteiger partial charge in [-0.15, -0.1) is 0 Å². The molecule has 0 saturated carbocycles. The highest BCUT2D eigenvalue weighted by Gasteiger charge is 2.18. The number of halogens is 2. The van der Waals surface area contributed by atoms with Crippen molar-refractivity contribution in [2.75, 3.05) is 0 Å². The van der Waals surface area contributed by atoms with E-state index in [4.69, 9.17) is 9.97 Å². The summed E-state index contributed by atoms with van der Waals surface area (Å²) < 4.78 is 2.07. The Labute approximate surface area is 545 Å². The Balaban J connectivity index is 0.000000170. The van der Waals surface area contributed by atoms with E-state index in [2.05, 4.69) is 298 Å². The standard InChI is InChI=1S/C42H31BrN2.C40H27BrN2.C2H6/c1-28-21-41(30-13-5-3-6-14-30)44-26-39(28)37-19-11-9-17-35(37)32-23-33(25-34(43)24-32)36-18-10-12-20-38(36)40-27-45-42(22-29(40)2)31-15-7-4-8-16-31;41-34-26-32(37-11-3-1-9-35(37)28-15-19-30(20-16-28)39-13-5-7-23-42-39)25-33(27-34)38-12-4-2-10-36(38)29-17-21-31(22-18-29)40-14-6-8-24-43-40;1-2/h3-27H,1-2H3;1-27H;1-2H3. The molecule has 0 aliphatic heterocycles. The molecule has 4 aromatic heterocycles. The zero-order chi connectivity index (χ0) is 61.8. The van der Waals surface area contributed by atoms with Crippen LogP contribution in [0.1, 0.15) is 25.0 Å². The average Bonchev–Trinajstić information content (AvgIpc) is 1.33. The minimum absolute atomic E-state index is 0.976. The van der Waals surface area contributed by atoms with Crippen LogP contribution in [0.5, 0.6) is 0 Å². The topological polar surface area (TPSA) is 51.6 Å². The van der Waals surface area contributed by atoms with Gasteiger partial charge in [0.05, 0.1) is 22.8 Å². The minimum Gasteiger partial charge on any atom is -0.256 e. The van der Waals surface area contributed by atoms with Crippen molar-refractivity contribution >= 4 is 31.9 Å². The van der Waals surface area contributed by atoms with Gasteiger partial charge in [-0.3, -0.25) is 19.9 Å². The summed E-state index contributed by atoms with van der Waals surface area (Å²) in [4.78, 5) is 18.7. The minimum atomic E-state index is 0.976. The summed E-state index contributed by atoms with van der Waals surface area (Å²) in [5, 5.41) is 0. The zero-order valence-electron chi connectivity index (χ0n) is 50.6. The van der Waals surface area contributed by atoms with Gasteiger partial charge in [0.2, 0.25) is 0 Å². The quantitative estimate of drug-likeness (QED) is 0.122. The van der Waals surface area contributed by atoms with Crippen molar-refractivity contribution in [3.05, 3.63) is 336 Å². The van der Waals surface area contributed by atoms with E-state index in [9.17, 15) is 0 Å². The molecule has 434 valence electrons. The molecular formula is C84H64Br2N4. The first-order valence-electron chi connectivity index (χ1n) is 30.4. The molecule has 0 atom stereocenters. The number of benzene rings is 10. The van der Waals surface area contributed by atoms with Crippen molar-refractivity contribution in [2.45, 2.75) is 27.7 Å². The van der Waals surface area contributed by atoms with Crippen LogP contribution in [0.25, 0.3) is 134 Å². The fraction of sp³-hybridized carbons (Fsp3) is 0.0476. The van der Waals surface area contributed by atoms with Gasteiger partial charge in [-0.1, -0.05) is 264 Å². The number of pyridine rings is 4. The van der Waals surface area contributed by atoms with Crippen molar-refractivity contribution in [3.8, 4) is 134 Å². The van der Waals surface area contributed by atoms with E-state index in [1.165, 1.54) is 55.6 Å². The van der Waals surface area contributed by atoms with Crippen molar-refractivity contribution < 1.29 is 0 Å². The molecule has 6 heteroatoms. The molecule has 0 unspecified atom stereocenters. The number of hydrogen-bond acceptors (Lipinski definition) is 4. The molecule has 0 spiro atoms. The second-order valence-corrected chi connectivity index (χ2v) is 23.6. The molecule has 0 saturated heterocycles. The van der Waals surface area contributed by atoms with Crippen molar-refractivity contribution in [1.29, 1.82) is 0 Å². The van der Waals surface area contributed by atoms with Crippen LogP contribution in [0, 0.1) is 13.8 Å². The van der Waals surface area contributed by atoms with Crippen LogP contribution < -0.4 is 0 Å². The largest absolute Gasteiger partial charge is 0.256 e. The number of rotatable bonds is 12. The summed E-state index contributed by atoms with van der Waals surface area (Å²) in [6.45, 7) is 8.34. The van der Waals surface area contributed by atoms with E-state index in [1.807, 2.05) is 87.2 Å². The molecule has 0 aliphatic rings. The lowest BCUT2D eigenvalue weighted by Gasteiger charge is -2.17. The summed E-state index contributed by atoms with van der Waals surface area (Å²) in [5.41, 5.74) is 29.4. The molecule has 4 heterocycles. The van der Waals surface area contributed by atoms with E-state index >= 15 is 0 Å². The number of aromatic nitrogens is 4. The third kappa shape index (κ3) is 13.6. The maximum Gasteiger partial charge on any atom is 0.0705 e. The predicted octanol–water partition coefficient (Wildman–Crippen LogP) is 24.1. The Morgan fingerprint density at radius 1 is 0.211 bits per heavy atom. The molecule has 4 nitrogen and oxygen atoms in total. The Hall–Kier alpha value is -10.2. The van der Waals surface area contributed by atoms with Crippen LogP contribution in [-0.4, -0.2) is 19.9 Å². The summed E-state index contributed by atoms with van der Waals surface area (Å²) in [6, 6.07) is 102. The van der Waals surface area contributed by atoms with E-state index in [1.54, 1.807) is 0 Å². The molecule has 10 aromatic carbocycles. The summed E-state index contributed by atoms with van der Waals surface area (Å²) in [5.74, 6) is 0. The van der Waals surface area contributed by atoms with Gasteiger partial charge < -0.3 is 0 Å². The van der Waals surface area contributed by atoms with Crippen LogP contribution in [0.4, 0.5) is 0 Å². The Bertz CT molecular complexity index is 4450. The van der Waals surface area contributed by atoms with Crippen molar-refractivity contribution in [3.63, 3.8) is 0 Å². The maximum atomic E-state index is 4.87. The smallest absolute Gasteiger partial charge is 0.0705 e. The third-order valence-corrected chi connectivity index (χ3v) is 16.9. The molecule has 0 radical (unpaired) electrons. The Morgan fingerprint density at radius 3 is 0.789 bits per heavy atom. The molecule has 0 N–H and O–H groups in total. The number of aryl methyl sites for hydroxylation is 2. The lowest BCUT2D eigenvalue weighted by atomic mass is 9.89. The van der Waals surface area contributed by atoms with E-state index in [0.717, 1.165) is 98.5 Å². The van der Waals surface area contributed by atoms with Gasteiger partial charge in [-0.25, -0.2) is 0 Å². The Morgan fingerprint density at radius 2 is 0.478 bits per heavy atom. The van der Waals surface area contributed by atoms with Gasteiger partial charge in [-0.05, 0) is 176 Å². The third-order valence-electron chi connectivity index (χ3n) is 16.0. The lowest BCUT2D eigenvalue weighted by Crippen LogP contribution is -1.94. The number of hydrogen-bond donors (Lipinski definition) is 0. The summed E-state index contributed by atoms with van der Waals surface area (Å²) in [6.07, 6.45) is 7.69. The van der Waals surface area contributed by atoms with Crippen LogP contribution in [0.2, 0.25) is 0 Å². The predicted molar refractivity (Wildman–Crippen MR) is 386 cm³/mol. The molecular weight excluding hydrogens is 1220 g/mol. The fourth-order valence-corrected chi connectivity index (χ4v) is 12.6. The highest BCUT2D eigenvalue weighted by atomic mass is 79.9. The second kappa shape index (κ2) is 28.3. The van der Waals surface area contributed by atoms with E-state index < -0.39 is 0 Å². The van der Waals surface area contributed by atoms with Gasteiger partial charge in [-0.2, -0.15) is 0 Å². The van der Waals surface area contributed by atoms with E-state index in [-0.39, 0.29) is 0 Å². The zero-order valence-corrected chi connectivity index (χ0v) is 53.7. The molecule has 0 fully saturated rings. The number of nitrogens with zero attached hydrogens (tertiary/aromatic N) is 4. The van der Waals surface area contributed by atoms with Gasteiger partial charge in [0, 0.05) is 67.1 Å². The molecule has 0 aliphatic carbocycles. The second-order valence-electron chi connectivity index (χ2n) is 21.7. The van der Waals surface area contributed by atoms with Crippen LogP contribution in [-0.2, 0) is 0 Å². The molecule has 0 bridgehead atoms. The monoisotopic (exact) mass is 1290 g/mol. The molecule has 14 rings (SSSR count). The highest BCUT2D eigenvalue weighted by molar-refractivity contribution is 9.10. The first kappa shape index (κ1) is 60.1. The van der Waals surface area contributed by atoms with Crippen molar-refractivity contribution in [1.82, 2.24) is 19.9 Å². The van der Waals surface area contributed by atoms with Gasteiger partial charge in [0.25, 0.3) is 0 Å². The summed E-state index contributed by atoms with van der Waals surface area (Å²) in [7, 11) is 0. The molecule has 14 aromatic rings. The van der Waals surface area contributed by atoms with Gasteiger partial charge >= 0.3 is 0 Å². The lowest BCUT2D eigenvalue weighted by molar-refractivity contribution is 1.28. The molecule has 0 amide bonds. The van der Waals surface area contributed by atoms with Gasteiger partial charge in [0.1, 0.15) is 0 Å².